The molecule has 1 N–H and O–H groups in total. The van der Waals surface area contributed by atoms with Crippen molar-refractivity contribution < 1.29 is 43.2 Å². The molecule has 1 saturated heterocycles. The molecule has 0 aromatic heterocycles. The number of carbonyl (C=O) groups is 5. The van der Waals surface area contributed by atoms with Gasteiger partial charge in [-0.25, -0.2) is 14.7 Å². The van der Waals surface area contributed by atoms with E-state index in [0.717, 1.165) is 16.8 Å². The monoisotopic (exact) mass is 640 g/mol. The van der Waals surface area contributed by atoms with Crippen LogP contribution in [0.15, 0.2) is 67.8 Å². The number of rotatable bonds is 13. The summed E-state index contributed by atoms with van der Waals surface area (Å²) in [6, 6.07) is 8.32. The first-order valence-corrected chi connectivity index (χ1v) is 14.4. The summed E-state index contributed by atoms with van der Waals surface area (Å²) >= 11 is 0.987. The first-order chi connectivity index (χ1) is 21.4. The maximum Gasteiger partial charge on any atom is 0.410 e. The molecule has 0 aliphatic carbocycles. The van der Waals surface area contributed by atoms with Gasteiger partial charge in [0.1, 0.15) is 19.3 Å². The molecule has 45 heavy (non-hydrogen) atoms. The number of hydrogen-bond donors (Lipinski definition) is 1. The fourth-order valence-corrected chi connectivity index (χ4v) is 5.28. The minimum absolute atomic E-state index is 0.000660. The van der Waals surface area contributed by atoms with E-state index < -0.39 is 40.1 Å². The molecule has 15 heteroatoms. The highest BCUT2D eigenvalue weighted by molar-refractivity contribution is 8.14. The van der Waals surface area contributed by atoms with Crippen LogP contribution in [0.4, 0.5) is 16.2 Å². The van der Waals surface area contributed by atoms with E-state index in [0.29, 0.717) is 5.56 Å². The summed E-state index contributed by atoms with van der Waals surface area (Å²) in [5.41, 5.74) is 0.398. The Morgan fingerprint density at radius 3 is 2.36 bits per heavy atom. The molecular weight excluding hydrogens is 608 g/mol. The van der Waals surface area contributed by atoms with Crippen LogP contribution in [-0.4, -0.2) is 82.0 Å². The number of non-ortho nitro benzene ring substituents is 1. The SMILES string of the molecule is C=CCOC(=O)c1cc(NC(=O)[C@@H]2C[C@H](SC(C)=O)CN2C(=O)OCc2ccc([N+](=O)[O-])cc2)cc(C(=O)N(C)OCC=C)c1. The van der Waals surface area contributed by atoms with Crippen molar-refractivity contribution in [1.82, 2.24) is 9.96 Å². The number of nitrogens with zero attached hydrogens (tertiary/aromatic N) is 3. The van der Waals surface area contributed by atoms with E-state index in [4.69, 9.17) is 14.3 Å². The molecule has 0 bridgehead atoms. The van der Waals surface area contributed by atoms with Gasteiger partial charge >= 0.3 is 12.1 Å². The van der Waals surface area contributed by atoms with E-state index in [9.17, 15) is 34.1 Å². The van der Waals surface area contributed by atoms with Crippen molar-refractivity contribution in [2.45, 2.75) is 31.2 Å². The molecule has 3 rings (SSSR count). The molecular formula is C30H32N4O10S. The quantitative estimate of drug-likeness (QED) is 0.144. The van der Waals surface area contributed by atoms with E-state index in [2.05, 4.69) is 18.5 Å². The lowest BCUT2D eigenvalue weighted by Gasteiger charge is -2.23. The number of nitro groups is 1. The van der Waals surface area contributed by atoms with Crippen molar-refractivity contribution in [2.24, 2.45) is 0 Å². The summed E-state index contributed by atoms with van der Waals surface area (Å²) in [5, 5.41) is 13.9. The van der Waals surface area contributed by atoms with Gasteiger partial charge in [-0.3, -0.25) is 34.2 Å². The molecule has 0 spiro atoms. The van der Waals surface area contributed by atoms with Gasteiger partial charge in [0, 0.05) is 49.1 Å². The zero-order valence-corrected chi connectivity index (χ0v) is 25.4. The number of esters is 1. The van der Waals surface area contributed by atoms with E-state index in [1.54, 1.807) is 0 Å². The third kappa shape index (κ3) is 9.74. The molecule has 2 aromatic rings. The van der Waals surface area contributed by atoms with Crippen molar-refractivity contribution in [2.75, 3.05) is 32.1 Å². The zero-order chi connectivity index (χ0) is 33.1. The first-order valence-electron chi connectivity index (χ1n) is 13.5. The van der Waals surface area contributed by atoms with Crippen LogP contribution in [0.5, 0.6) is 0 Å². The van der Waals surface area contributed by atoms with Gasteiger partial charge in [0.15, 0.2) is 5.12 Å². The van der Waals surface area contributed by atoms with E-state index in [1.807, 2.05) is 0 Å². The summed E-state index contributed by atoms with van der Waals surface area (Å²) in [6.45, 7) is 8.18. The maximum atomic E-state index is 13.6. The Kier molecular flexibility index (Phi) is 12.4. The Bertz CT molecular complexity index is 1480. The highest BCUT2D eigenvalue weighted by Crippen LogP contribution is 2.30. The second-order valence-electron chi connectivity index (χ2n) is 9.68. The van der Waals surface area contributed by atoms with Crippen LogP contribution in [0.2, 0.25) is 0 Å². The Morgan fingerprint density at radius 2 is 1.73 bits per heavy atom. The van der Waals surface area contributed by atoms with Crippen LogP contribution in [-0.2, 0) is 30.5 Å². The lowest BCUT2D eigenvalue weighted by Crippen LogP contribution is -2.43. The third-order valence-electron chi connectivity index (χ3n) is 6.33. The summed E-state index contributed by atoms with van der Waals surface area (Å²) in [7, 11) is 1.37. The van der Waals surface area contributed by atoms with Crippen LogP contribution < -0.4 is 5.32 Å². The predicted molar refractivity (Wildman–Crippen MR) is 164 cm³/mol. The highest BCUT2D eigenvalue weighted by Gasteiger charge is 2.41. The smallest absolute Gasteiger partial charge is 0.410 e. The molecule has 3 amide bonds. The van der Waals surface area contributed by atoms with Crippen molar-refractivity contribution in [3.05, 3.63) is 94.6 Å². The Balaban J connectivity index is 1.84. The molecule has 0 radical (unpaired) electrons. The van der Waals surface area contributed by atoms with Gasteiger partial charge in [-0.05, 0) is 42.3 Å². The van der Waals surface area contributed by atoms with Crippen molar-refractivity contribution >= 4 is 52.1 Å². The normalized spacial score (nSPS) is 15.5. The van der Waals surface area contributed by atoms with Gasteiger partial charge in [0.25, 0.3) is 11.6 Å². The van der Waals surface area contributed by atoms with Gasteiger partial charge < -0.3 is 14.8 Å². The number of anilines is 1. The van der Waals surface area contributed by atoms with Gasteiger partial charge in [0.05, 0.1) is 17.1 Å². The number of nitro benzene ring substituents is 1. The maximum absolute atomic E-state index is 13.6. The zero-order valence-electron chi connectivity index (χ0n) is 24.6. The molecule has 1 fully saturated rings. The summed E-state index contributed by atoms with van der Waals surface area (Å²) < 4.78 is 10.5. The van der Waals surface area contributed by atoms with Crippen molar-refractivity contribution in [3.8, 4) is 0 Å². The lowest BCUT2D eigenvalue weighted by molar-refractivity contribution is -0.384. The molecule has 0 saturated carbocycles. The molecule has 2 atom stereocenters. The third-order valence-corrected chi connectivity index (χ3v) is 7.34. The number of hydrogen-bond acceptors (Lipinski definition) is 11. The molecule has 1 aliphatic heterocycles. The number of thioether (sulfide) groups is 1. The number of likely N-dealkylation sites (tertiary alicyclic amines) is 1. The van der Waals surface area contributed by atoms with Crippen LogP contribution in [0.3, 0.4) is 0 Å². The van der Waals surface area contributed by atoms with Crippen molar-refractivity contribution in [1.29, 1.82) is 0 Å². The number of amides is 3. The number of ether oxygens (including phenoxy) is 2. The minimum atomic E-state index is -1.07. The number of carbonyl (C=O) groups excluding carboxylic acids is 5. The summed E-state index contributed by atoms with van der Waals surface area (Å²) in [6.07, 6.45) is 2.10. The van der Waals surface area contributed by atoms with E-state index >= 15 is 0 Å². The minimum Gasteiger partial charge on any atom is -0.458 e. The average molecular weight is 641 g/mol. The van der Waals surface area contributed by atoms with E-state index in [1.165, 1.54) is 73.5 Å². The standard InChI is InChI=1S/C30H32N4O10S/c1-5-11-42-29(38)22-13-21(28(37)32(4)44-12-6-2)14-23(15-22)31-27(36)26-16-25(45-19(3)35)17-33(26)30(39)43-18-20-7-9-24(10-8-20)34(40)41/h5-10,13-15,25-26H,1-2,11-12,16-18H2,3-4H3,(H,31,36)/t25-,26-/m0/s1. The van der Waals surface area contributed by atoms with Crippen LogP contribution in [0.1, 0.15) is 39.6 Å². The van der Waals surface area contributed by atoms with Crippen LogP contribution in [0, 0.1) is 10.1 Å². The second kappa shape index (κ2) is 16.2. The van der Waals surface area contributed by atoms with Gasteiger partial charge in [-0.1, -0.05) is 30.5 Å². The molecule has 238 valence electrons. The second-order valence-corrected chi connectivity index (χ2v) is 11.2. The topological polar surface area (TPSA) is 175 Å². The number of hydroxylamine groups is 2. The lowest BCUT2D eigenvalue weighted by atomic mass is 10.1. The molecule has 2 aromatic carbocycles. The van der Waals surface area contributed by atoms with Gasteiger partial charge in [-0.2, -0.15) is 0 Å². The van der Waals surface area contributed by atoms with Gasteiger partial charge in [-0.15, -0.1) is 6.58 Å². The predicted octanol–water partition coefficient (Wildman–Crippen LogP) is 4.13. The molecule has 1 aliphatic rings. The Labute approximate surface area is 263 Å². The fourth-order valence-electron chi connectivity index (χ4n) is 4.30. The highest BCUT2D eigenvalue weighted by atomic mass is 32.2. The van der Waals surface area contributed by atoms with Crippen LogP contribution >= 0.6 is 11.8 Å². The fraction of sp³-hybridized carbons (Fsp3) is 0.300. The Hall–Kier alpha value is -5.02. The van der Waals surface area contributed by atoms with Crippen LogP contribution in [0.25, 0.3) is 0 Å². The Morgan fingerprint density at radius 1 is 1.07 bits per heavy atom. The summed E-state index contributed by atoms with van der Waals surface area (Å²) in [5.74, 6) is -2.05. The largest absolute Gasteiger partial charge is 0.458 e. The summed E-state index contributed by atoms with van der Waals surface area (Å²) in [4.78, 5) is 81.0. The van der Waals surface area contributed by atoms with Crippen molar-refractivity contribution in [3.63, 3.8) is 0 Å². The first kappa shape index (κ1) is 34.5. The average Bonchev–Trinajstić information content (AvgIpc) is 3.44. The molecule has 1 heterocycles. The number of nitrogens with one attached hydrogen (secondary N) is 1. The molecule has 14 nitrogen and oxygen atoms in total. The van der Waals surface area contributed by atoms with E-state index in [-0.39, 0.29) is 60.4 Å². The molecule has 0 unspecified atom stereocenters. The van der Waals surface area contributed by atoms with Gasteiger partial charge in [0.2, 0.25) is 5.91 Å². The number of benzene rings is 2.